The summed E-state index contributed by atoms with van der Waals surface area (Å²) < 4.78 is 22.5. The monoisotopic (exact) mass is 388 g/mol. The second kappa shape index (κ2) is 10.7. The van der Waals surface area contributed by atoms with Crippen LogP contribution in [0.5, 0.6) is 0 Å². The lowest BCUT2D eigenvalue weighted by Crippen LogP contribution is -2.30. The fourth-order valence-corrected chi connectivity index (χ4v) is 2.24. The Kier molecular flexibility index (Phi) is 7.95. The third-order valence-corrected chi connectivity index (χ3v) is 3.63. The topological polar surface area (TPSA) is 93.7 Å². The number of esters is 1. The summed E-state index contributed by atoms with van der Waals surface area (Å²) in [5.41, 5.74) is 1.59. The molecule has 0 bridgehead atoms. The Bertz CT molecular complexity index is 806. The number of hydrogen-bond acceptors (Lipinski definition) is 5. The summed E-state index contributed by atoms with van der Waals surface area (Å²) >= 11 is 0. The molecule has 0 fully saturated rings. The van der Waals surface area contributed by atoms with E-state index in [0.717, 1.165) is 5.56 Å². The number of nitrogens with one attached hydrogen (secondary N) is 2. The van der Waals surface area contributed by atoms with Gasteiger partial charge in [0.05, 0.1) is 12.2 Å². The molecule has 8 heteroatoms. The molecule has 0 aliphatic carbocycles. The predicted octanol–water partition coefficient (Wildman–Crippen LogP) is 2.91. The van der Waals surface area contributed by atoms with Gasteiger partial charge in [0.15, 0.2) is 6.61 Å². The standard InChI is InChI=1S/C20H21FN2O5/c1-2-27-20(26)23-17-9-5-15(6-10-17)19(25)28-13-18(24)22-12-11-14-3-7-16(21)8-4-14/h3-10H,2,11-13H2,1H3,(H,22,24)(H,23,26). The lowest BCUT2D eigenvalue weighted by molar-refractivity contribution is -0.124. The zero-order chi connectivity index (χ0) is 20.4. The molecule has 0 aromatic heterocycles. The van der Waals surface area contributed by atoms with Crippen LogP contribution in [0.2, 0.25) is 0 Å². The van der Waals surface area contributed by atoms with Gasteiger partial charge in [-0.15, -0.1) is 0 Å². The molecular weight excluding hydrogens is 367 g/mol. The third-order valence-electron chi connectivity index (χ3n) is 3.63. The van der Waals surface area contributed by atoms with Crippen LogP contribution in [0.4, 0.5) is 14.9 Å². The molecule has 7 nitrogen and oxygen atoms in total. The van der Waals surface area contributed by atoms with Crippen molar-refractivity contribution in [1.29, 1.82) is 0 Å². The zero-order valence-corrected chi connectivity index (χ0v) is 15.4. The van der Waals surface area contributed by atoms with E-state index < -0.39 is 24.6 Å². The number of carbonyl (C=O) groups is 3. The van der Waals surface area contributed by atoms with Crippen molar-refractivity contribution in [3.8, 4) is 0 Å². The van der Waals surface area contributed by atoms with Gasteiger partial charge in [-0.3, -0.25) is 10.1 Å². The van der Waals surface area contributed by atoms with E-state index in [1.165, 1.54) is 36.4 Å². The van der Waals surface area contributed by atoms with Gasteiger partial charge < -0.3 is 14.8 Å². The van der Waals surface area contributed by atoms with Crippen LogP contribution in [0.1, 0.15) is 22.8 Å². The molecule has 0 aliphatic heterocycles. The van der Waals surface area contributed by atoms with E-state index in [0.29, 0.717) is 18.7 Å². The fourth-order valence-electron chi connectivity index (χ4n) is 2.24. The number of halogens is 1. The van der Waals surface area contributed by atoms with E-state index in [4.69, 9.17) is 9.47 Å². The minimum Gasteiger partial charge on any atom is -0.452 e. The maximum atomic E-state index is 12.8. The minimum atomic E-state index is -0.656. The second-order valence-corrected chi connectivity index (χ2v) is 5.73. The molecular formula is C20H21FN2O5. The predicted molar refractivity (Wildman–Crippen MR) is 100 cm³/mol. The average molecular weight is 388 g/mol. The fraction of sp³-hybridized carbons (Fsp3) is 0.250. The van der Waals surface area contributed by atoms with Crippen LogP contribution in [0, 0.1) is 5.82 Å². The van der Waals surface area contributed by atoms with Crippen LogP contribution < -0.4 is 10.6 Å². The number of hydrogen-bond donors (Lipinski definition) is 2. The molecule has 2 aromatic carbocycles. The van der Waals surface area contributed by atoms with Crippen molar-refractivity contribution in [3.05, 3.63) is 65.5 Å². The van der Waals surface area contributed by atoms with Crippen LogP contribution in [-0.4, -0.2) is 37.7 Å². The highest BCUT2D eigenvalue weighted by molar-refractivity contribution is 5.92. The average Bonchev–Trinajstić information content (AvgIpc) is 2.68. The lowest BCUT2D eigenvalue weighted by atomic mass is 10.1. The maximum Gasteiger partial charge on any atom is 0.411 e. The number of carbonyl (C=O) groups excluding carboxylic acids is 3. The number of ether oxygens (including phenoxy) is 2. The Hall–Kier alpha value is -3.42. The molecule has 0 unspecified atom stereocenters. The summed E-state index contributed by atoms with van der Waals surface area (Å²) in [5.74, 6) is -1.41. The van der Waals surface area contributed by atoms with Crippen molar-refractivity contribution in [2.24, 2.45) is 0 Å². The van der Waals surface area contributed by atoms with Crippen molar-refractivity contribution in [1.82, 2.24) is 5.32 Å². The van der Waals surface area contributed by atoms with Gasteiger partial charge in [0, 0.05) is 12.2 Å². The van der Waals surface area contributed by atoms with Crippen LogP contribution in [-0.2, 0) is 20.7 Å². The second-order valence-electron chi connectivity index (χ2n) is 5.73. The number of amides is 2. The largest absolute Gasteiger partial charge is 0.452 e. The smallest absolute Gasteiger partial charge is 0.411 e. The molecule has 2 amide bonds. The van der Waals surface area contributed by atoms with E-state index in [2.05, 4.69) is 10.6 Å². The quantitative estimate of drug-likeness (QED) is 0.678. The van der Waals surface area contributed by atoms with Crippen molar-refractivity contribution >= 4 is 23.7 Å². The lowest BCUT2D eigenvalue weighted by Gasteiger charge is -2.08. The number of anilines is 1. The minimum absolute atomic E-state index is 0.244. The summed E-state index contributed by atoms with van der Waals surface area (Å²) in [5, 5.41) is 5.12. The first-order valence-corrected chi connectivity index (χ1v) is 8.70. The van der Waals surface area contributed by atoms with E-state index in [1.807, 2.05) is 0 Å². The van der Waals surface area contributed by atoms with Crippen LogP contribution in [0.3, 0.4) is 0 Å². The summed E-state index contributed by atoms with van der Waals surface area (Å²) in [6.07, 6.45) is -0.0512. The van der Waals surface area contributed by atoms with Gasteiger partial charge in [0.2, 0.25) is 0 Å². The van der Waals surface area contributed by atoms with Crippen LogP contribution in [0.15, 0.2) is 48.5 Å². The van der Waals surface area contributed by atoms with Crippen LogP contribution >= 0.6 is 0 Å². The van der Waals surface area contributed by atoms with Gasteiger partial charge in [-0.05, 0) is 55.3 Å². The molecule has 0 aliphatic rings. The van der Waals surface area contributed by atoms with Crippen molar-refractivity contribution in [2.45, 2.75) is 13.3 Å². The maximum absolute atomic E-state index is 12.8. The van der Waals surface area contributed by atoms with Crippen LogP contribution in [0.25, 0.3) is 0 Å². The normalized spacial score (nSPS) is 10.1. The van der Waals surface area contributed by atoms with Crippen molar-refractivity contribution < 1.29 is 28.2 Å². The van der Waals surface area contributed by atoms with Gasteiger partial charge in [0.1, 0.15) is 5.82 Å². The number of rotatable bonds is 8. The molecule has 0 radical (unpaired) electrons. The summed E-state index contributed by atoms with van der Waals surface area (Å²) in [6, 6.07) is 12.0. The summed E-state index contributed by atoms with van der Waals surface area (Å²) in [4.78, 5) is 35.0. The summed E-state index contributed by atoms with van der Waals surface area (Å²) in [6.45, 7) is 1.88. The van der Waals surface area contributed by atoms with E-state index >= 15 is 0 Å². The van der Waals surface area contributed by atoms with Crippen molar-refractivity contribution in [3.63, 3.8) is 0 Å². The number of benzene rings is 2. The van der Waals surface area contributed by atoms with E-state index in [9.17, 15) is 18.8 Å². The molecule has 0 saturated carbocycles. The molecule has 148 valence electrons. The Morgan fingerprint density at radius 3 is 2.29 bits per heavy atom. The van der Waals surface area contributed by atoms with Gasteiger partial charge in [-0.1, -0.05) is 12.1 Å². The zero-order valence-electron chi connectivity index (χ0n) is 15.4. The molecule has 0 saturated heterocycles. The molecule has 2 rings (SSSR count). The van der Waals surface area contributed by atoms with E-state index in [-0.39, 0.29) is 18.0 Å². The van der Waals surface area contributed by atoms with Gasteiger partial charge in [-0.2, -0.15) is 0 Å². The van der Waals surface area contributed by atoms with E-state index in [1.54, 1.807) is 19.1 Å². The third kappa shape index (κ3) is 7.06. The first-order chi connectivity index (χ1) is 13.5. The Balaban J connectivity index is 1.71. The molecule has 28 heavy (non-hydrogen) atoms. The Morgan fingerprint density at radius 1 is 0.964 bits per heavy atom. The molecule has 0 spiro atoms. The van der Waals surface area contributed by atoms with Gasteiger partial charge in [-0.25, -0.2) is 14.0 Å². The highest BCUT2D eigenvalue weighted by Gasteiger charge is 2.11. The van der Waals surface area contributed by atoms with Gasteiger partial charge >= 0.3 is 12.1 Å². The Morgan fingerprint density at radius 2 is 1.64 bits per heavy atom. The Labute approximate surface area is 161 Å². The molecule has 2 N–H and O–H groups in total. The highest BCUT2D eigenvalue weighted by Crippen LogP contribution is 2.11. The summed E-state index contributed by atoms with van der Waals surface area (Å²) in [7, 11) is 0. The molecule has 0 heterocycles. The molecule has 0 atom stereocenters. The van der Waals surface area contributed by atoms with Gasteiger partial charge in [0.25, 0.3) is 5.91 Å². The first kappa shape index (κ1) is 20.9. The SMILES string of the molecule is CCOC(=O)Nc1ccc(C(=O)OCC(=O)NCCc2ccc(F)cc2)cc1. The van der Waals surface area contributed by atoms with Crippen molar-refractivity contribution in [2.75, 3.05) is 25.1 Å². The molecule has 2 aromatic rings. The highest BCUT2D eigenvalue weighted by atomic mass is 19.1. The first-order valence-electron chi connectivity index (χ1n) is 8.70.